The van der Waals surface area contributed by atoms with Gasteiger partial charge in [0.1, 0.15) is 6.54 Å². The summed E-state index contributed by atoms with van der Waals surface area (Å²) in [4.78, 5) is 24.2. The second kappa shape index (κ2) is 8.35. The van der Waals surface area contributed by atoms with Crippen molar-refractivity contribution in [1.29, 1.82) is 0 Å². The zero-order valence-corrected chi connectivity index (χ0v) is 13.9. The standard InChI is InChI=1S/C14H24N6O3/c1-4-15-13(16-10-12-17-11(3)18-23-12)19-6-8-20(9-7-19)14(21)22-5-2/h4-10H2,1-3H3,(H,15,16). The topological polar surface area (TPSA) is 96.1 Å². The number of carbonyl (C=O) groups excluding carboxylic acids is 1. The minimum Gasteiger partial charge on any atom is -0.450 e. The lowest BCUT2D eigenvalue weighted by molar-refractivity contribution is 0.0914. The van der Waals surface area contributed by atoms with Gasteiger partial charge in [0.15, 0.2) is 11.8 Å². The number of aromatic nitrogens is 2. The van der Waals surface area contributed by atoms with Crippen molar-refractivity contribution < 1.29 is 14.1 Å². The van der Waals surface area contributed by atoms with Gasteiger partial charge in [0, 0.05) is 32.7 Å². The first-order valence-corrected chi connectivity index (χ1v) is 7.88. The molecule has 1 N–H and O–H groups in total. The zero-order chi connectivity index (χ0) is 16.7. The molecule has 0 unspecified atom stereocenters. The predicted octanol–water partition coefficient (Wildman–Crippen LogP) is 0.618. The highest BCUT2D eigenvalue weighted by Gasteiger charge is 2.23. The van der Waals surface area contributed by atoms with Crippen molar-refractivity contribution in [2.45, 2.75) is 27.3 Å². The van der Waals surface area contributed by atoms with Crippen molar-refractivity contribution in [3.63, 3.8) is 0 Å². The van der Waals surface area contributed by atoms with Crippen LogP contribution >= 0.6 is 0 Å². The third-order valence-corrected chi connectivity index (χ3v) is 3.37. The van der Waals surface area contributed by atoms with E-state index in [2.05, 4.69) is 25.3 Å². The summed E-state index contributed by atoms with van der Waals surface area (Å²) >= 11 is 0. The number of piperazine rings is 1. The second-order valence-electron chi connectivity index (χ2n) is 5.08. The molecule has 1 aliphatic rings. The average molecular weight is 324 g/mol. The van der Waals surface area contributed by atoms with Gasteiger partial charge in [-0.1, -0.05) is 5.16 Å². The fourth-order valence-electron chi connectivity index (χ4n) is 2.29. The Kier molecular flexibility index (Phi) is 6.19. The summed E-state index contributed by atoms with van der Waals surface area (Å²) in [7, 11) is 0. The first-order chi connectivity index (χ1) is 11.1. The van der Waals surface area contributed by atoms with Gasteiger partial charge in [-0.3, -0.25) is 0 Å². The Morgan fingerprint density at radius 1 is 1.30 bits per heavy atom. The van der Waals surface area contributed by atoms with E-state index in [0.29, 0.717) is 51.0 Å². The number of guanidine groups is 1. The van der Waals surface area contributed by atoms with Crippen molar-refractivity contribution in [3.05, 3.63) is 11.7 Å². The third kappa shape index (κ3) is 4.83. The molecule has 1 amide bonds. The number of amides is 1. The van der Waals surface area contributed by atoms with Crippen LogP contribution in [0.25, 0.3) is 0 Å². The summed E-state index contributed by atoms with van der Waals surface area (Å²) in [6, 6.07) is 0. The molecular weight excluding hydrogens is 300 g/mol. The number of hydrogen-bond donors (Lipinski definition) is 1. The van der Waals surface area contributed by atoms with E-state index >= 15 is 0 Å². The smallest absolute Gasteiger partial charge is 0.409 e. The van der Waals surface area contributed by atoms with Gasteiger partial charge >= 0.3 is 6.09 Å². The van der Waals surface area contributed by atoms with Gasteiger partial charge in [-0.05, 0) is 20.8 Å². The number of hydrogen-bond acceptors (Lipinski definition) is 6. The minimum absolute atomic E-state index is 0.254. The fourth-order valence-corrected chi connectivity index (χ4v) is 2.29. The highest BCUT2D eigenvalue weighted by Crippen LogP contribution is 2.06. The van der Waals surface area contributed by atoms with Crippen LogP contribution in [0.4, 0.5) is 4.79 Å². The van der Waals surface area contributed by atoms with Gasteiger partial charge < -0.3 is 24.4 Å². The molecule has 1 aromatic heterocycles. The summed E-state index contributed by atoms with van der Waals surface area (Å²) in [6.07, 6.45) is -0.254. The Morgan fingerprint density at radius 2 is 2.00 bits per heavy atom. The van der Waals surface area contributed by atoms with E-state index in [1.807, 2.05) is 13.8 Å². The lowest BCUT2D eigenvalue weighted by Gasteiger charge is -2.35. The summed E-state index contributed by atoms with van der Waals surface area (Å²) in [5.74, 6) is 1.87. The van der Waals surface area contributed by atoms with Crippen LogP contribution in [-0.2, 0) is 11.3 Å². The number of nitrogens with one attached hydrogen (secondary N) is 1. The molecule has 1 saturated heterocycles. The Morgan fingerprint density at radius 3 is 2.57 bits per heavy atom. The van der Waals surface area contributed by atoms with Gasteiger partial charge in [0.25, 0.3) is 0 Å². The van der Waals surface area contributed by atoms with Crippen LogP contribution in [0.5, 0.6) is 0 Å². The van der Waals surface area contributed by atoms with E-state index < -0.39 is 0 Å². The number of rotatable bonds is 4. The highest BCUT2D eigenvalue weighted by molar-refractivity contribution is 5.80. The maximum absolute atomic E-state index is 11.7. The fraction of sp³-hybridized carbons (Fsp3) is 0.714. The molecule has 9 nitrogen and oxygen atoms in total. The summed E-state index contributed by atoms with van der Waals surface area (Å²) in [5.41, 5.74) is 0. The largest absolute Gasteiger partial charge is 0.450 e. The lowest BCUT2D eigenvalue weighted by atomic mass is 10.3. The van der Waals surface area contributed by atoms with Crippen LogP contribution in [0.2, 0.25) is 0 Å². The van der Waals surface area contributed by atoms with Gasteiger partial charge in [0.05, 0.1) is 6.61 Å². The Labute approximate surface area is 135 Å². The van der Waals surface area contributed by atoms with Crippen LogP contribution in [0.1, 0.15) is 25.6 Å². The van der Waals surface area contributed by atoms with Crippen molar-refractivity contribution >= 4 is 12.1 Å². The van der Waals surface area contributed by atoms with Crippen LogP contribution in [0, 0.1) is 6.92 Å². The molecule has 0 radical (unpaired) electrons. The molecule has 0 aromatic carbocycles. The van der Waals surface area contributed by atoms with E-state index in [1.165, 1.54) is 0 Å². The second-order valence-corrected chi connectivity index (χ2v) is 5.08. The van der Waals surface area contributed by atoms with E-state index in [1.54, 1.807) is 11.8 Å². The molecule has 0 bridgehead atoms. The predicted molar refractivity (Wildman–Crippen MR) is 84.0 cm³/mol. The maximum Gasteiger partial charge on any atom is 0.409 e. The van der Waals surface area contributed by atoms with Crippen molar-refractivity contribution in [3.8, 4) is 0 Å². The first-order valence-electron chi connectivity index (χ1n) is 7.88. The van der Waals surface area contributed by atoms with Gasteiger partial charge in [-0.2, -0.15) is 4.98 Å². The molecule has 1 aliphatic heterocycles. The van der Waals surface area contributed by atoms with Gasteiger partial charge in [-0.25, -0.2) is 9.79 Å². The molecule has 23 heavy (non-hydrogen) atoms. The Bertz CT molecular complexity index is 536. The summed E-state index contributed by atoms with van der Waals surface area (Å²) in [6.45, 7) is 9.72. The molecule has 0 aliphatic carbocycles. The molecule has 128 valence electrons. The molecule has 9 heteroatoms. The maximum atomic E-state index is 11.7. The number of aliphatic imine (C=N–C) groups is 1. The number of nitrogens with zero attached hydrogens (tertiary/aromatic N) is 5. The van der Waals surface area contributed by atoms with E-state index in [-0.39, 0.29) is 6.09 Å². The van der Waals surface area contributed by atoms with Crippen LogP contribution < -0.4 is 5.32 Å². The third-order valence-electron chi connectivity index (χ3n) is 3.37. The SMILES string of the molecule is CCNC(=NCc1nc(C)no1)N1CCN(C(=O)OCC)CC1. The Balaban J connectivity index is 1.92. The average Bonchev–Trinajstić information content (AvgIpc) is 2.97. The monoisotopic (exact) mass is 324 g/mol. The van der Waals surface area contributed by atoms with Crippen molar-refractivity contribution in [2.24, 2.45) is 4.99 Å². The summed E-state index contributed by atoms with van der Waals surface area (Å²) in [5, 5.41) is 7.00. The van der Waals surface area contributed by atoms with Crippen LogP contribution in [0.15, 0.2) is 9.52 Å². The number of aryl methyl sites for hydroxylation is 1. The highest BCUT2D eigenvalue weighted by atomic mass is 16.6. The quantitative estimate of drug-likeness (QED) is 0.640. The van der Waals surface area contributed by atoms with Crippen LogP contribution in [-0.4, -0.2) is 71.3 Å². The van der Waals surface area contributed by atoms with Crippen LogP contribution in [0.3, 0.4) is 0 Å². The van der Waals surface area contributed by atoms with E-state index in [0.717, 1.165) is 12.5 Å². The number of ether oxygens (including phenoxy) is 1. The molecule has 2 rings (SSSR count). The van der Waals surface area contributed by atoms with E-state index in [4.69, 9.17) is 9.26 Å². The molecule has 0 spiro atoms. The molecule has 1 fully saturated rings. The van der Waals surface area contributed by atoms with Crippen molar-refractivity contribution in [2.75, 3.05) is 39.3 Å². The molecule has 1 aromatic rings. The lowest BCUT2D eigenvalue weighted by Crippen LogP contribution is -2.53. The summed E-state index contributed by atoms with van der Waals surface area (Å²) < 4.78 is 10.1. The Hall–Kier alpha value is -2.32. The van der Waals surface area contributed by atoms with E-state index in [9.17, 15) is 4.79 Å². The first kappa shape index (κ1) is 17.0. The molecule has 0 saturated carbocycles. The zero-order valence-electron chi connectivity index (χ0n) is 13.9. The molecular formula is C14H24N6O3. The molecule has 2 heterocycles. The van der Waals surface area contributed by atoms with Gasteiger partial charge in [0.2, 0.25) is 5.89 Å². The molecule has 0 atom stereocenters. The van der Waals surface area contributed by atoms with Crippen molar-refractivity contribution in [1.82, 2.24) is 25.3 Å². The van der Waals surface area contributed by atoms with Gasteiger partial charge in [-0.15, -0.1) is 0 Å². The minimum atomic E-state index is -0.254. The number of carbonyl (C=O) groups is 1. The normalized spacial score (nSPS) is 15.7.